The molecule has 0 amide bonds. The molecular formula is C6H8BrN3. The molecule has 4 heteroatoms. The first-order valence-electron chi connectivity index (χ1n) is 2.80. The van der Waals surface area contributed by atoms with E-state index >= 15 is 0 Å². The number of anilines is 2. The third-order valence-electron chi connectivity index (χ3n) is 1.15. The minimum atomic E-state index is 0.599. The van der Waals surface area contributed by atoms with Crippen LogP contribution in [0.1, 0.15) is 5.69 Å². The molecule has 0 unspecified atom stereocenters. The summed E-state index contributed by atoms with van der Waals surface area (Å²) in [6.07, 6.45) is 1.59. The highest BCUT2D eigenvalue weighted by Crippen LogP contribution is 2.14. The van der Waals surface area contributed by atoms with E-state index in [1.165, 1.54) is 0 Å². The first kappa shape index (κ1) is 7.34. The van der Waals surface area contributed by atoms with Gasteiger partial charge in [-0.15, -0.1) is 0 Å². The van der Waals surface area contributed by atoms with Gasteiger partial charge in [-0.25, -0.2) is 0 Å². The fourth-order valence-corrected chi connectivity index (χ4v) is 1.11. The third-order valence-corrected chi connectivity index (χ3v) is 1.68. The van der Waals surface area contributed by atoms with Gasteiger partial charge >= 0.3 is 0 Å². The highest BCUT2D eigenvalue weighted by molar-refractivity contribution is 9.08. The summed E-state index contributed by atoms with van der Waals surface area (Å²) < 4.78 is 0. The van der Waals surface area contributed by atoms with E-state index in [-0.39, 0.29) is 0 Å². The molecule has 1 heterocycles. The monoisotopic (exact) mass is 201 g/mol. The summed E-state index contributed by atoms with van der Waals surface area (Å²) in [5, 5.41) is 0.666. The number of nitrogens with two attached hydrogens (primary N) is 2. The van der Waals surface area contributed by atoms with Gasteiger partial charge in [0.15, 0.2) is 0 Å². The molecule has 1 aromatic heterocycles. The van der Waals surface area contributed by atoms with E-state index in [4.69, 9.17) is 11.5 Å². The maximum Gasteiger partial charge on any atom is 0.0739 e. The van der Waals surface area contributed by atoms with Crippen LogP contribution in [-0.2, 0) is 5.33 Å². The summed E-state index contributed by atoms with van der Waals surface area (Å²) in [5.41, 5.74) is 13.0. The second-order valence-corrected chi connectivity index (χ2v) is 2.50. The summed E-state index contributed by atoms with van der Waals surface area (Å²) in [5.74, 6) is 0. The van der Waals surface area contributed by atoms with Crippen LogP contribution in [-0.4, -0.2) is 4.98 Å². The van der Waals surface area contributed by atoms with Crippen molar-refractivity contribution in [3.05, 3.63) is 18.0 Å². The van der Waals surface area contributed by atoms with Gasteiger partial charge in [-0.2, -0.15) is 0 Å². The molecule has 0 bridgehead atoms. The lowest BCUT2D eigenvalue weighted by Crippen LogP contribution is -1.97. The van der Waals surface area contributed by atoms with Crippen molar-refractivity contribution in [3.63, 3.8) is 0 Å². The molecule has 0 saturated carbocycles. The summed E-state index contributed by atoms with van der Waals surface area (Å²) in [7, 11) is 0. The zero-order valence-electron chi connectivity index (χ0n) is 5.34. The van der Waals surface area contributed by atoms with Crippen LogP contribution in [0.2, 0.25) is 0 Å². The number of hydrogen-bond donors (Lipinski definition) is 2. The molecule has 10 heavy (non-hydrogen) atoms. The Morgan fingerprint density at radius 2 is 2.20 bits per heavy atom. The predicted molar refractivity (Wildman–Crippen MR) is 45.7 cm³/mol. The molecular weight excluding hydrogens is 194 g/mol. The number of pyridine rings is 1. The summed E-state index contributed by atoms with van der Waals surface area (Å²) >= 11 is 3.25. The molecule has 0 aromatic carbocycles. The topological polar surface area (TPSA) is 64.9 Å². The van der Waals surface area contributed by atoms with E-state index in [1.807, 2.05) is 0 Å². The second kappa shape index (κ2) is 2.88. The third kappa shape index (κ3) is 1.39. The molecule has 4 N–H and O–H groups in total. The molecule has 0 spiro atoms. The Kier molecular flexibility index (Phi) is 2.11. The number of nitrogen functional groups attached to an aromatic ring is 2. The summed E-state index contributed by atoms with van der Waals surface area (Å²) in [4.78, 5) is 4.00. The quantitative estimate of drug-likeness (QED) is 0.671. The van der Waals surface area contributed by atoms with Gasteiger partial charge in [-0.1, -0.05) is 15.9 Å². The van der Waals surface area contributed by atoms with Crippen LogP contribution in [0.5, 0.6) is 0 Å². The molecule has 0 radical (unpaired) electrons. The molecule has 0 aliphatic heterocycles. The largest absolute Gasteiger partial charge is 0.397 e. The normalized spacial score (nSPS) is 9.70. The van der Waals surface area contributed by atoms with Crippen molar-refractivity contribution in [2.75, 3.05) is 11.5 Å². The van der Waals surface area contributed by atoms with E-state index in [0.29, 0.717) is 16.7 Å². The first-order chi connectivity index (χ1) is 4.74. The van der Waals surface area contributed by atoms with E-state index in [0.717, 1.165) is 5.69 Å². The van der Waals surface area contributed by atoms with Crippen LogP contribution in [0.25, 0.3) is 0 Å². The van der Waals surface area contributed by atoms with Crippen molar-refractivity contribution < 1.29 is 0 Å². The minimum absolute atomic E-state index is 0.599. The van der Waals surface area contributed by atoms with Gasteiger partial charge in [0.2, 0.25) is 0 Å². The van der Waals surface area contributed by atoms with E-state index in [2.05, 4.69) is 20.9 Å². The van der Waals surface area contributed by atoms with Crippen LogP contribution in [0, 0.1) is 0 Å². The summed E-state index contributed by atoms with van der Waals surface area (Å²) in [6, 6.07) is 1.70. The van der Waals surface area contributed by atoms with Gasteiger partial charge in [0.25, 0.3) is 0 Å². The lowest BCUT2D eigenvalue weighted by atomic mass is 10.3. The maximum atomic E-state index is 5.56. The molecule has 54 valence electrons. The van der Waals surface area contributed by atoms with Crippen molar-refractivity contribution >= 4 is 27.3 Å². The summed E-state index contributed by atoms with van der Waals surface area (Å²) in [6.45, 7) is 0. The molecule has 0 aliphatic carbocycles. The van der Waals surface area contributed by atoms with E-state index in [1.54, 1.807) is 12.3 Å². The molecule has 0 atom stereocenters. The van der Waals surface area contributed by atoms with Gasteiger partial charge < -0.3 is 11.5 Å². The molecule has 0 aliphatic rings. The fourth-order valence-electron chi connectivity index (χ4n) is 0.639. The standard InChI is InChI=1S/C6H8BrN3/c7-2-6-5(9)1-4(8)3-10-6/h1,3H,2,8-9H2. The Labute approximate surface area is 67.6 Å². The maximum absolute atomic E-state index is 5.56. The van der Waals surface area contributed by atoms with Crippen molar-refractivity contribution in [1.82, 2.24) is 4.98 Å². The van der Waals surface area contributed by atoms with Crippen LogP contribution in [0.15, 0.2) is 12.3 Å². The van der Waals surface area contributed by atoms with E-state index in [9.17, 15) is 0 Å². The van der Waals surface area contributed by atoms with Crippen LogP contribution in [0.3, 0.4) is 0 Å². The Morgan fingerprint density at radius 1 is 1.50 bits per heavy atom. The average Bonchev–Trinajstić information content (AvgIpc) is 1.88. The van der Waals surface area contributed by atoms with Crippen molar-refractivity contribution in [3.8, 4) is 0 Å². The first-order valence-corrected chi connectivity index (χ1v) is 3.92. The SMILES string of the molecule is Nc1cnc(CBr)c(N)c1. The fraction of sp³-hybridized carbons (Fsp3) is 0.167. The highest BCUT2D eigenvalue weighted by Gasteiger charge is 1.97. The average molecular weight is 202 g/mol. The number of alkyl halides is 1. The minimum Gasteiger partial charge on any atom is -0.397 e. The number of aromatic nitrogens is 1. The van der Waals surface area contributed by atoms with Gasteiger partial charge in [-0.3, -0.25) is 4.98 Å². The Morgan fingerprint density at radius 3 is 2.70 bits per heavy atom. The lowest BCUT2D eigenvalue weighted by molar-refractivity contribution is 1.19. The zero-order chi connectivity index (χ0) is 7.56. The van der Waals surface area contributed by atoms with E-state index < -0.39 is 0 Å². The molecule has 0 fully saturated rings. The number of nitrogens with zero attached hydrogens (tertiary/aromatic N) is 1. The number of hydrogen-bond acceptors (Lipinski definition) is 3. The Bertz CT molecular complexity index is 236. The molecule has 1 aromatic rings. The molecule has 3 nitrogen and oxygen atoms in total. The highest BCUT2D eigenvalue weighted by atomic mass is 79.9. The van der Waals surface area contributed by atoms with Crippen LogP contribution in [0.4, 0.5) is 11.4 Å². The Hall–Kier alpha value is -0.770. The van der Waals surface area contributed by atoms with Crippen molar-refractivity contribution in [2.24, 2.45) is 0 Å². The van der Waals surface area contributed by atoms with Crippen LogP contribution < -0.4 is 11.5 Å². The molecule has 0 saturated heterocycles. The Balaban J connectivity index is 3.07. The van der Waals surface area contributed by atoms with Crippen LogP contribution >= 0.6 is 15.9 Å². The second-order valence-electron chi connectivity index (χ2n) is 1.94. The predicted octanol–water partition coefficient (Wildman–Crippen LogP) is 1.14. The molecule has 1 rings (SSSR count). The van der Waals surface area contributed by atoms with Gasteiger partial charge in [0, 0.05) is 5.33 Å². The zero-order valence-corrected chi connectivity index (χ0v) is 6.93. The van der Waals surface area contributed by atoms with Gasteiger partial charge in [-0.05, 0) is 6.07 Å². The van der Waals surface area contributed by atoms with Crippen molar-refractivity contribution in [2.45, 2.75) is 5.33 Å². The van der Waals surface area contributed by atoms with Gasteiger partial charge in [0.05, 0.1) is 23.3 Å². The lowest BCUT2D eigenvalue weighted by Gasteiger charge is -2.00. The van der Waals surface area contributed by atoms with Crippen molar-refractivity contribution in [1.29, 1.82) is 0 Å². The van der Waals surface area contributed by atoms with Gasteiger partial charge in [0.1, 0.15) is 0 Å². The smallest absolute Gasteiger partial charge is 0.0739 e. The number of rotatable bonds is 1. The number of halogens is 1.